The van der Waals surface area contributed by atoms with E-state index < -0.39 is 5.97 Å². The van der Waals surface area contributed by atoms with Crippen molar-refractivity contribution >= 4 is 23.6 Å². The smallest absolute Gasteiger partial charge is 0.303 e. The van der Waals surface area contributed by atoms with E-state index in [1.165, 1.54) is 11.8 Å². The van der Waals surface area contributed by atoms with Crippen LogP contribution >= 0.6 is 11.8 Å². The van der Waals surface area contributed by atoms with Gasteiger partial charge in [0, 0.05) is 12.5 Å². The third-order valence-corrected chi connectivity index (χ3v) is 4.24. The van der Waals surface area contributed by atoms with Crippen LogP contribution in [0, 0.1) is 5.92 Å². The van der Waals surface area contributed by atoms with Crippen molar-refractivity contribution in [1.82, 2.24) is 5.32 Å². The van der Waals surface area contributed by atoms with Crippen molar-refractivity contribution in [2.24, 2.45) is 11.7 Å². The van der Waals surface area contributed by atoms with Crippen LogP contribution < -0.4 is 11.1 Å². The molecule has 0 aromatic carbocycles. The number of primary amides is 1. The Morgan fingerprint density at radius 2 is 2.00 bits per heavy atom. The van der Waals surface area contributed by atoms with Crippen molar-refractivity contribution in [2.75, 3.05) is 12.8 Å². The minimum Gasteiger partial charge on any atom is -0.481 e. The molecule has 0 aliphatic carbocycles. The van der Waals surface area contributed by atoms with E-state index in [9.17, 15) is 9.59 Å². The molecule has 5 nitrogen and oxygen atoms in total. The normalized spacial score (nSPS) is 15.7. The van der Waals surface area contributed by atoms with E-state index in [0.717, 1.165) is 19.3 Å². The van der Waals surface area contributed by atoms with Crippen molar-refractivity contribution < 1.29 is 14.7 Å². The number of nitrogens with two attached hydrogens (primary N) is 1. The summed E-state index contributed by atoms with van der Waals surface area (Å²) in [5, 5.41) is 11.9. The number of carbonyl (C=O) groups is 2. The molecule has 0 heterocycles. The molecule has 19 heavy (non-hydrogen) atoms. The Kier molecular flexibility index (Phi) is 9.69. The van der Waals surface area contributed by atoms with Crippen molar-refractivity contribution in [1.29, 1.82) is 0 Å². The Labute approximate surface area is 119 Å². The molecule has 0 bridgehead atoms. The molecule has 4 N–H and O–H groups in total. The van der Waals surface area contributed by atoms with Gasteiger partial charge >= 0.3 is 5.97 Å². The maximum atomic E-state index is 11.3. The second-order valence-electron chi connectivity index (χ2n) is 4.73. The van der Waals surface area contributed by atoms with Gasteiger partial charge in [-0.25, -0.2) is 0 Å². The Morgan fingerprint density at radius 1 is 1.37 bits per heavy atom. The predicted octanol–water partition coefficient (Wildman–Crippen LogP) is 1.46. The topological polar surface area (TPSA) is 92.4 Å². The maximum absolute atomic E-state index is 11.3. The van der Waals surface area contributed by atoms with E-state index in [2.05, 4.69) is 5.32 Å². The molecule has 6 heteroatoms. The number of carboxylic acids is 1. The Morgan fingerprint density at radius 3 is 2.37 bits per heavy atom. The zero-order valence-corrected chi connectivity index (χ0v) is 12.8. The molecule has 0 aromatic heterocycles. The van der Waals surface area contributed by atoms with Gasteiger partial charge < -0.3 is 16.2 Å². The number of hydrogen-bond donors (Lipinski definition) is 3. The number of amides is 1. The first-order valence-electron chi connectivity index (χ1n) is 6.73. The number of carbonyl (C=O) groups excluding carboxylic acids is 1. The van der Waals surface area contributed by atoms with Crippen LogP contribution in [0.5, 0.6) is 0 Å². The minimum atomic E-state index is -0.774. The number of hydrogen-bond acceptors (Lipinski definition) is 4. The van der Waals surface area contributed by atoms with Gasteiger partial charge in [-0.2, -0.15) is 11.8 Å². The Balaban J connectivity index is 4.43. The summed E-state index contributed by atoms with van der Waals surface area (Å²) in [4.78, 5) is 22.1. The molecule has 3 unspecified atom stereocenters. The molecule has 0 spiro atoms. The first-order chi connectivity index (χ1) is 8.96. The van der Waals surface area contributed by atoms with E-state index in [0.29, 0.717) is 6.54 Å². The van der Waals surface area contributed by atoms with Gasteiger partial charge in [-0.3, -0.25) is 9.59 Å². The molecule has 0 fully saturated rings. The molecule has 0 aromatic rings. The van der Waals surface area contributed by atoms with Gasteiger partial charge in [0.2, 0.25) is 5.91 Å². The van der Waals surface area contributed by atoms with E-state index in [1.807, 2.05) is 20.1 Å². The average Bonchev–Trinajstić information content (AvgIpc) is 2.33. The molecule has 0 aliphatic heterocycles. The van der Waals surface area contributed by atoms with Crippen LogP contribution in [0.4, 0.5) is 0 Å². The summed E-state index contributed by atoms with van der Waals surface area (Å²) in [5.41, 5.74) is 5.38. The lowest BCUT2D eigenvalue weighted by Crippen LogP contribution is -2.46. The molecule has 1 amide bonds. The number of aliphatic carboxylic acids is 1. The lowest BCUT2D eigenvalue weighted by molar-refractivity contribution is -0.138. The van der Waals surface area contributed by atoms with Crippen molar-refractivity contribution in [3.63, 3.8) is 0 Å². The molecular formula is C13H26N2O3S. The molecule has 0 rings (SSSR count). The lowest BCUT2D eigenvalue weighted by atomic mass is 9.99. The Hall–Kier alpha value is -0.750. The number of thioether (sulfide) groups is 1. The first kappa shape index (κ1) is 18.2. The van der Waals surface area contributed by atoms with Crippen LogP contribution in [-0.4, -0.2) is 41.1 Å². The SMILES string of the molecule is CCCC(CNC(CC)C(SC)C(N)=O)CC(=O)O. The molecule has 0 saturated carbocycles. The predicted molar refractivity (Wildman–Crippen MR) is 79.2 cm³/mol. The van der Waals surface area contributed by atoms with Crippen LogP contribution in [0.2, 0.25) is 0 Å². The molecular weight excluding hydrogens is 264 g/mol. The quantitative estimate of drug-likeness (QED) is 0.536. The highest BCUT2D eigenvalue weighted by Gasteiger charge is 2.25. The van der Waals surface area contributed by atoms with Gasteiger partial charge in [0.1, 0.15) is 0 Å². The van der Waals surface area contributed by atoms with Gasteiger partial charge in [-0.15, -0.1) is 0 Å². The Bertz CT molecular complexity index is 287. The van der Waals surface area contributed by atoms with Gasteiger partial charge in [-0.1, -0.05) is 20.3 Å². The molecule has 0 aliphatic rings. The van der Waals surface area contributed by atoms with Crippen LogP contribution in [0.25, 0.3) is 0 Å². The van der Waals surface area contributed by atoms with Crippen LogP contribution in [0.1, 0.15) is 39.5 Å². The fourth-order valence-electron chi connectivity index (χ4n) is 2.19. The summed E-state index contributed by atoms with van der Waals surface area (Å²) in [7, 11) is 0. The average molecular weight is 290 g/mol. The van der Waals surface area contributed by atoms with Gasteiger partial charge in [0.05, 0.1) is 5.25 Å². The zero-order valence-electron chi connectivity index (χ0n) is 12.0. The summed E-state index contributed by atoms with van der Waals surface area (Å²) in [5.74, 6) is -0.992. The summed E-state index contributed by atoms with van der Waals surface area (Å²) in [6.45, 7) is 4.65. The van der Waals surface area contributed by atoms with E-state index in [4.69, 9.17) is 10.8 Å². The number of rotatable bonds is 11. The number of nitrogens with one attached hydrogen (secondary N) is 1. The second kappa shape index (κ2) is 10.1. The molecule has 112 valence electrons. The molecule has 3 atom stereocenters. The summed E-state index contributed by atoms with van der Waals surface area (Å²) >= 11 is 1.44. The first-order valence-corrected chi connectivity index (χ1v) is 8.02. The number of carboxylic acid groups (broad SMARTS) is 1. The maximum Gasteiger partial charge on any atom is 0.303 e. The van der Waals surface area contributed by atoms with Gasteiger partial charge in [0.25, 0.3) is 0 Å². The second-order valence-corrected chi connectivity index (χ2v) is 5.71. The zero-order chi connectivity index (χ0) is 14.8. The van der Waals surface area contributed by atoms with E-state index in [1.54, 1.807) is 0 Å². The minimum absolute atomic E-state index is 0.000603. The van der Waals surface area contributed by atoms with E-state index in [-0.39, 0.29) is 29.5 Å². The monoisotopic (exact) mass is 290 g/mol. The molecule has 0 saturated heterocycles. The van der Waals surface area contributed by atoms with Gasteiger partial charge in [0.15, 0.2) is 0 Å². The molecule has 0 radical (unpaired) electrons. The van der Waals surface area contributed by atoms with Crippen molar-refractivity contribution in [2.45, 2.75) is 50.8 Å². The third kappa shape index (κ3) is 7.42. The summed E-state index contributed by atoms with van der Waals surface area (Å²) < 4.78 is 0. The lowest BCUT2D eigenvalue weighted by Gasteiger charge is -2.25. The largest absolute Gasteiger partial charge is 0.481 e. The summed E-state index contributed by atoms with van der Waals surface area (Å²) in [6.07, 6.45) is 4.65. The standard InChI is InChI=1S/C13H26N2O3S/c1-4-6-9(7-11(16)17)8-15-10(5-2)12(19-3)13(14)18/h9-10,12,15H,4-8H2,1-3H3,(H2,14,18)(H,16,17). The van der Waals surface area contributed by atoms with Crippen molar-refractivity contribution in [3.8, 4) is 0 Å². The van der Waals surface area contributed by atoms with Crippen LogP contribution in [0.3, 0.4) is 0 Å². The highest BCUT2D eigenvalue weighted by molar-refractivity contribution is 8.00. The van der Waals surface area contributed by atoms with E-state index >= 15 is 0 Å². The fourth-order valence-corrected chi connectivity index (χ4v) is 3.04. The highest BCUT2D eigenvalue weighted by Crippen LogP contribution is 2.16. The third-order valence-electron chi connectivity index (χ3n) is 3.17. The van der Waals surface area contributed by atoms with Crippen LogP contribution in [0.15, 0.2) is 0 Å². The van der Waals surface area contributed by atoms with Gasteiger partial charge in [-0.05, 0) is 31.6 Å². The van der Waals surface area contributed by atoms with Crippen LogP contribution in [-0.2, 0) is 9.59 Å². The summed E-state index contributed by atoms with van der Waals surface area (Å²) in [6, 6.07) is 0.000603. The fraction of sp³-hybridized carbons (Fsp3) is 0.846. The van der Waals surface area contributed by atoms with Crippen molar-refractivity contribution in [3.05, 3.63) is 0 Å². The highest BCUT2D eigenvalue weighted by atomic mass is 32.2.